The number of benzene rings is 1. The number of carbonyl (C=O) groups excluding carboxylic acids is 1. The Morgan fingerprint density at radius 3 is 2.78 bits per heavy atom. The van der Waals surface area contributed by atoms with Crippen LogP contribution >= 0.6 is 11.3 Å². The van der Waals surface area contributed by atoms with Crippen molar-refractivity contribution in [1.29, 1.82) is 0 Å². The van der Waals surface area contributed by atoms with Crippen LogP contribution < -0.4 is 10.9 Å². The van der Waals surface area contributed by atoms with Gasteiger partial charge in [0.2, 0.25) is 0 Å². The molecular formula is C22H26N2O2S. The Balaban J connectivity index is 1.75. The SMILES string of the molecule is CCn1c(=O)c2cc(C(=O)N[C@@H]3CCC[C@@H](C)[C@H]3C)sc2c2ccccc21. The standard InChI is InChI=1S/C22H26N2O2S/c1-4-24-18-11-6-5-9-15(18)20-16(22(24)26)12-19(27-20)21(25)23-17-10-7-8-13(2)14(17)3/h5-6,9,11-14,17H,4,7-8,10H2,1-3H3,(H,23,25)/t13-,14-,17-/m1/s1. The number of para-hydroxylation sites is 1. The van der Waals surface area contributed by atoms with Gasteiger partial charge in [-0.3, -0.25) is 9.59 Å². The second-order valence-corrected chi connectivity index (χ2v) is 8.82. The molecule has 1 aliphatic carbocycles. The van der Waals surface area contributed by atoms with Gasteiger partial charge in [-0.05, 0) is 37.3 Å². The predicted octanol–water partition coefficient (Wildman–Crippen LogP) is 4.79. The van der Waals surface area contributed by atoms with Crippen molar-refractivity contribution < 1.29 is 4.79 Å². The summed E-state index contributed by atoms with van der Waals surface area (Å²) in [6, 6.07) is 9.95. The summed E-state index contributed by atoms with van der Waals surface area (Å²) < 4.78 is 2.70. The van der Waals surface area contributed by atoms with Crippen LogP contribution in [0.2, 0.25) is 0 Å². The maximum Gasteiger partial charge on any atom is 0.261 e. The molecule has 1 N–H and O–H groups in total. The number of nitrogens with one attached hydrogen (secondary N) is 1. The smallest absolute Gasteiger partial charge is 0.261 e. The summed E-state index contributed by atoms with van der Waals surface area (Å²) in [5, 5.41) is 4.92. The van der Waals surface area contributed by atoms with Gasteiger partial charge in [-0.2, -0.15) is 0 Å². The third kappa shape index (κ3) is 3.08. The van der Waals surface area contributed by atoms with E-state index in [9.17, 15) is 9.59 Å². The van der Waals surface area contributed by atoms with Crippen LogP contribution in [0.15, 0.2) is 35.1 Å². The van der Waals surface area contributed by atoms with Crippen molar-refractivity contribution in [2.24, 2.45) is 11.8 Å². The second kappa shape index (κ2) is 7.12. The number of nitrogens with zero attached hydrogens (tertiary/aromatic N) is 1. The molecule has 0 saturated heterocycles. The molecule has 0 bridgehead atoms. The zero-order valence-corrected chi connectivity index (χ0v) is 16.9. The maximum absolute atomic E-state index is 12.9. The number of hydrogen-bond donors (Lipinski definition) is 1. The van der Waals surface area contributed by atoms with Crippen LogP contribution in [0.1, 0.15) is 49.7 Å². The normalized spacial score (nSPS) is 23.0. The molecule has 5 heteroatoms. The lowest BCUT2D eigenvalue weighted by Crippen LogP contribution is -2.43. The van der Waals surface area contributed by atoms with Gasteiger partial charge in [0.15, 0.2) is 0 Å². The molecule has 1 aromatic carbocycles. The summed E-state index contributed by atoms with van der Waals surface area (Å²) in [5.74, 6) is 1.07. The van der Waals surface area contributed by atoms with Crippen LogP contribution in [0.25, 0.3) is 21.0 Å². The molecule has 4 rings (SSSR count). The van der Waals surface area contributed by atoms with Gasteiger partial charge in [-0.15, -0.1) is 11.3 Å². The average Bonchev–Trinajstić information content (AvgIpc) is 3.12. The summed E-state index contributed by atoms with van der Waals surface area (Å²) in [6.07, 6.45) is 3.43. The molecule has 1 fully saturated rings. The van der Waals surface area contributed by atoms with E-state index in [0.717, 1.165) is 28.4 Å². The number of hydrogen-bond acceptors (Lipinski definition) is 3. The summed E-state index contributed by atoms with van der Waals surface area (Å²) in [7, 11) is 0. The fraction of sp³-hybridized carbons (Fsp3) is 0.455. The van der Waals surface area contributed by atoms with Crippen molar-refractivity contribution in [2.45, 2.75) is 52.6 Å². The summed E-state index contributed by atoms with van der Waals surface area (Å²) in [4.78, 5) is 26.5. The van der Waals surface area contributed by atoms with Gasteiger partial charge in [0.1, 0.15) is 0 Å². The van der Waals surface area contributed by atoms with Crippen molar-refractivity contribution >= 4 is 38.2 Å². The quantitative estimate of drug-likeness (QED) is 0.708. The van der Waals surface area contributed by atoms with E-state index >= 15 is 0 Å². The Kier molecular flexibility index (Phi) is 4.81. The number of aromatic nitrogens is 1. The summed E-state index contributed by atoms with van der Waals surface area (Å²) in [5.41, 5.74) is 0.919. The lowest BCUT2D eigenvalue weighted by Gasteiger charge is -2.34. The minimum absolute atomic E-state index is 0.0128. The van der Waals surface area contributed by atoms with Crippen LogP contribution in [0, 0.1) is 11.8 Å². The number of pyridine rings is 1. The largest absolute Gasteiger partial charge is 0.348 e. The van der Waals surface area contributed by atoms with Gasteiger partial charge in [0, 0.05) is 22.7 Å². The third-order valence-corrected chi connectivity index (χ3v) is 7.38. The van der Waals surface area contributed by atoms with Crippen LogP contribution in [-0.2, 0) is 6.54 Å². The van der Waals surface area contributed by atoms with Crippen LogP contribution in [0.5, 0.6) is 0 Å². The number of carbonyl (C=O) groups is 1. The highest BCUT2D eigenvalue weighted by Crippen LogP contribution is 2.32. The Morgan fingerprint density at radius 1 is 1.22 bits per heavy atom. The highest BCUT2D eigenvalue weighted by atomic mass is 32.1. The first-order valence-electron chi connectivity index (χ1n) is 9.87. The van der Waals surface area contributed by atoms with Crippen LogP contribution in [-0.4, -0.2) is 16.5 Å². The molecule has 0 spiro atoms. The van der Waals surface area contributed by atoms with Gasteiger partial charge >= 0.3 is 0 Å². The lowest BCUT2D eigenvalue weighted by molar-refractivity contribution is 0.0895. The molecule has 142 valence electrons. The van der Waals surface area contributed by atoms with E-state index in [1.807, 2.05) is 31.2 Å². The Labute approximate surface area is 163 Å². The van der Waals surface area contributed by atoms with Gasteiger partial charge in [0.05, 0.1) is 15.8 Å². The second-order valence-electron chi connectivity index (χ2n) is 7.77. The molecule has 2 aromatic heterocycles. The van der Waals surface area contributed by atoms with Crippen molar-refractivity contribution in [3.8, 4) is 0 Å². The zero-order valence-electron chi connectivity index (χ0n) is 16.1. The first-order valence-corrected chi connectivity index (χ1v) is 10.7. The van der Waals surface area contributed by atoms with E-state index in [2.05, 4.69) is 19.2 Å². The van der Waals surface area contributed by atoms with Crippen molar-refractivity contribution in [3.05, 3.63) is 45.6 Å². The number of rotatable bonds is 3. The Hall–Kier alpha value is -2.14. The van der Waals surface area contributed by atoms with Crippen molar-refractivity contribution in [1.82, 2.24) is 9.88 Å². The molecule has 1 amide bonds. The molecule has 1 aliphatic rings. The molecule has 3 atom stereocenters. The van der Waals surface area contributed by atoms with Crippen molar-refractivity contribution in [2.75, 3.05) is 0 Å². The molecule has 27 heavy (non-hydrogen) atoms. The number of fused-ring (bicyclic) bond motifs is 3. The fourth-order valence-electron chi connectivity index (χ4n) is 4.36. The Morgan fingerprint density at radius 2 is 2.00 bits per heavy atom. The topological polar surface area (TPSA) is 51.1 Å². The third-order valence-electron chi connectivity index (χ3n) is 6.21. The van der Waals surface area contributed by atoms with E-state index in [1.54, 1.807) is 10.6 Å². The van der Waals surface area contributed by atoms with E-state index in [-0.39, 0.29) is 17.5 Å². The van der Waals surface area contributed by atoms with Gasteiger partial charge in [-0.1, -0.05) is 44.9 Å². The number of amides is 1. The monoisotopic (exact) mass is 382 g/mol. The van der Waals surface area contributed by atoms with E-state index in [1.165, 1.54) is 17.8 Å². The summed E-state index contributed by atoms with van der Waals surface area (Å²) >= 11 is 1.43. The molecule has 0 unspecified atom stereocenters. The van der Waals surface area contributed by atoms with Gasteiger partial charge in [-0.25, -0.2) is 0 Å². The first kappa shape index (κ1) is 18.2. The molecule has 4 nitrogen and oxygen atoms in total. The lowest BCUT2D eigenvalue weighted by atomic mass is 9.78. The van der Waals surface area contributed by atoms with Crippen LogP contribution in [0.3, 0.4) is 0 Å². The minimum Gasteiger partial charge on any atom is -0.348 e. The fourth-order valence-corrected chi connectivity index (χ4v) is 5.44. The molecule has 1 saturated carbocycles. The Bertz CT molecular complexity index is 1070. The zero-order chi connectivity index (χ0) is 19.1. The molecule has 0 radical (unpaired) electrons. The van der Waals surface area contributed by atoms with E-state index in [0.29, 0.717) is 28.6 Å². The molecular weight excluding hydrogens is 356 g/mol. The maximum atomic E-state index is 12.9. The highest BCUT2D eigenvalue weighted by molar-refractivity contribution is 7.21. The van der Waals surface area contributed by atoms with E-state index in [4.69, 9.17) is 0 Å². The van der Waals surface area contributed by atoms with Crippen LogP contribution in [0.4, 0.5) is 0 Å². The molecule has 0 aliphatic heterocycles. The first-order chi connectivity index (χ1) is 13.0. The van der Waals surface area contributed by atoms with E-state index < -0.39 is 0 Å². The molecule has 3 aromatic rings. The van der Waals surface area contributed by atoms with Gasteiger partial charge in [0.25, 0.3) is 11.5 Å². The van der Waals surface area contributed by atoms with Crippen molar-refractivity contribution in [3.63, 3.8) is 0 Å². The van der Waals surface area contributed by atoms with Gasteiger partial charge < -0.3 is 9.88 Å². The minimum atomic E-state index is -0.0475. The average molecular weight is 383 g/mol. The number of aryl methyl sites for hydroxylation is 1. The molecule has 2 heterocycles. The summed E-state index contributed by atoms with van der Waals surface area (Å²) in [6.45, 7) is 7.09. The predicted molar refractivity (Wildman–Crippen MR) is 113 cm³/mol. The highest BCUT2D eigenvalue weighted by Gasteiger charge is 2.29. The number of thiophene rings is 1.